The van der Waals surface area contributed by atoms with Gasteiger partial charge in [0.05, 0.1) is 25.0 Å². The number of rotatable bonds is 8. The van der Waals surface area contributed by atoms with Crippen molar-refractivity contribution in [1.82, 2.24) is 10.3 Å². The van der Waals surface area contributed by atoms with Gasteiger partial charge in [-0.05, 0) is 48.2 Å². The molecule has 1 amide bonds. The number of benzene rings is 2. The number of carbonyl (C=O) groups excluding carboxylic acids is 1. The van der Waals surface area contributed by atoms with Gasteiger partial charge in [0.1, 0.15) is 5.75 Å². The standard InChI is InChI=1S/C23H24N2O3/c1-28-21-11-6-17(7-12-21)3-2-14-24-23(27)20-10-13-22(25-15-20)19-8-4-18(16-26)5-9-19/h4-13,15,26H,2-3,14,16H2,1H3,(H,24,27). The number of aromatic nitrogens is 1. The molecule has 0 atom stereocenters. The summed E-state index contributed by atoms with van der Waals surface area (Å²) in [4.78, 5) is 16.7. The van der Waals surface area contributed by atoms with Gasteiger partial charge in [0.2, 0.25) is 0 Å². The Labute approximate surface area is 165 Å². The van der Waals surface area contributed by atoms with Crippen LogP contribution >= 0.6 is 0 Å². The molecule has 0 spiro atoms. The van der Waals surface area contributed by atoms with Crippen LogP contribution in [0.5, 0.6) is 5.75 Å². The highest BCUT2D eigenvalue weighted by Crippen LogP contribution is 2.18. The lowest BCUT2D eigenvalue weighted by atomic mass is 10.1. The molecule has 1 aromatic heterocycles. The molecule has 0 saturated heterocycles. The summed E-state index contributed by atoms with van der Waals surface area (Å²) in [6.07, 6.45) is 3.35. The zero-order valence-electron chi connectivity index (χ0n) is 15.9. The molecule has 0 unspecified atom stereocenters. The summed E-state index contributed by atoms with van der Waals surface area (Å²) in [5.74, 6) is 0.724. The fourth-order valence-corrected chi connectivity index (χ4v) is 2.87. The molecular formula is C23H24N2O3. The number of carbonyl (C=O) groups is 1. The van der Waals surface area contributed by atoms with E-state index in [0.717, 1.165) is 35.4 Å². The van der Waals surface area contributed by atoms with E-state index in [4.69, 9.17) is 9.84 Å². The van der Waals surface area contributed by atoms with Crippen molar-refractivity contribution < 1.29 is 14.6 Å². The number of methoxy groups -OCH3 is 1. The number of aliphatic hydroxyl groups is 1. The van der Waals surface area contributed by atoms with Crippen molar-refractivity contribution in [1.29, 1.82) is 0 Å². The van der Waals surface area contributed by atoms with Gasteiger partial charge in [-0.2, -0.15) is 0 Å². The van der Waals surface area contributed by atoms with E-state index < -0.39 is 0 Å². The molecule has 144 valence electrons. The molecule has 0 fully saturated rings. The zero-order valence-corrected chi connectivity index (χ0v) is 15.9. The van der Waals surface area contributed by atoms with Gasteiger partial charge >= 0.3 is 0 Å². The van der Waals surface area contributed by atoms with Gasteiger partial charge in [0.25, 0.3) is 5.91 Å². The van der Waals surface area contributed by atoms with Crippen molar-refractivity contribution in [3.63, 3.8) is 0 Å². The van der Waals surface area contributed by atoms with Crippen LogP contribution in [-0.2, 0) is 13.0 Å². The highest BCUT2D eigenvalue weighted by Gasteiger charge is 2.07. The van der Waals surface area contributed by atoms with Gasteiger partial charge in [-0.25, -0.2) is 0 Å². The summed E-state index contributed by atoms with van der Waals surface area (Å²) in [6.45, 7) is 0.626. The topological polar surface area (TPSA) is 71.5 Å². The number of nitrogens with zero attached hydrogens (tertiary/aromatic N) is 1. The number of ether oxygens (including phenoxy) is 1. The maximum atomic E-state index is 12.3. The number of nitrogens with one attached hydrogen (secondary N) is 1. The van der Waals surface area contributed by atoms with E-state index in [9.17, 15) is 4.79 Å². The Morgan fingerprint density at radius 3 is 2.32 bits per heavy atom. The first-order valence-corrected chi connectivity index (χ1v) is 9.27. The van der Waals surface area contributed by atoms with Crippen LogP contribution in [0.25, 0.3) is 11.3 Å². The van der Waals surface area contributed by atoms with Crippen LogP contribution in [0.3, 0.4) is 0 Å². The predicted molar refractivity (Wildman–Crippen MR) is 109 cm³/mol. The van der Waals surface area contributed by atoms with E-state index in [1.54, 1.807) is 19.4 Å². The molecule has 3 aromatic rings. The van der Waals surface area contributed by atoms with Crippen LogP contribution in [0.1, 0.15) is 27.9 Å². The highest BCUT2D eigenvalue weighted by atomic mass is 16.5. The minimum Gasteiger partial charge on any atom is -0.497 e. The predicted octanol–water partition coefficient (Wildman–Crippen LogP) is 3.61. The summed E-state index contributed by atoms with van der Waals surface area (Å²) in [7, 11) is 1.65. The Hall–Kier alpha value is -3.18. The third-order valence-electron chi connectivity index (χ3n) is 4.54. The highest BCUT2D eigenvalue weighted by molar-refractivity contribution is 5.94. The van der Waals surface area contributed by atoms with Gasteiger partial charge in [0.15, 0.2) is 0 Å². The minimum absolute atomic E-state index is 0.0191. The van der Waals surface area contributed by atoms with E-state index in [2.05, 4.69) is 10.3 Å². The van der Waals surface area contributed by atoms with E-state index in [1.807, 2.05) is 54.6 Å². The van der Waals surface area contributed by atoms with Gasteiger partial charge in [-0.15, -0.1) is 0 Å². The van der Waals surface area contributed by atoms with Gasteiger partial charge in [0, 0.05) is 18.3 Å². The van der Waals surface area contributed by atoms with Gasteiger partial charge < -0.3 is 15.2 Å². The fourth-order valence-electron chi connectivity index (χ4n) is 2.87. The molecule has 0 aliphatic heterocycles. The molecule has 5 nitrogen and oxygen atoms in total. The third-order valence-corrected chi connectivity index (χ3v) is 4.54. The van der Waals surface area contributed by atoms with Crippen LogP contribution in [0, 0.1) is 0 Å². The summed E-state index contributed by atoms with van der Waals surface area (Å²) >= 11 is 0. The maximum absolute atomic E-state index is 12.3. The molecule has 1 heterocycles. The first-order valence-electron chi connectivity index (χ1n) is 9.27. The van der Waals surface area contributed by atoms with Crippen molar-refractivity contribution in [2.45, 2.75) is 19.4 Å². The third kappa shape index (κ3) is 5.18. The fraction of sp³-hybridized carbons (Fsp3) is 0.217. The molecule has 5 heteroatoms. The summed E-state index contributed by atoms with van der Waals surface area (Å²) < 4.78 is 5.15. The van der Waals surface area contributed by atoms with Gasteiger partial charge in [-0.1, -0.05) is 36.4 Å². The summed E-state index contributed by atoms with van der Waals surface area (Å²) in [5, 5.41) is 12.0. The zero-order chi connectivity index (χ0) is 19.8. The Morgan fingerprint density at radius 1 is 1.00 bits per heavy atom. The first-order chi connectivity index (χ1) is 13.7. The SMILES string of the molecule is COc1ccc(CCCNC(=O)c2ccc(-c3ccc(CO)cc3)nc2)cc1. The van der Waals surface area contributed by atoms with Crippen LogP contribution in [0.2, 0.25) is 0 Å². The largest absolute Gasteiger partial charge is 0.497 e. The lowest BCUT2D eigenvalue weighted by molar-refractivity contribution is 0.0953. The quantitative estimate of drug-likeness (QED) is 0.589. The first kappa shape index (κ1) is 19.6. The van der Waals surface area contributed by atoms with Crippen molar-refractivity contribution in [2.75, 3.05) is 13.7 Å². The van der Waals surface area contributed by atoms with Gasteiger partial charge in [-0.3, -0.25) is 9.78 Å². The Morgan fingerprint density at radius 2 is 1.71 bits per heavy atom. The molecule has 0 aliphatic rings. The average Bonchev–Trinajstić information content (AvgIpc) is 2.77. The second-order valence-electron chi connectivity index (χ2n) is 6.49. The van der Waals surface area contributed by atoms with Crippen molar-refractivity contribution in [2.24, 2.45) is 0 Å². The average molecular weight is 376 g/mol. The van der Waals surface area contributed by atoms with Crippen LogP contribution in [0.4, 0.5) is 0 Å². The molecule has 2 aromatic carbocycles. The Kier molecular flexibility index (Phi) is 6.76. The molecule has 0 radical (unpaired) electrons. The van der Waals surface area contributed by atoms with Crippen LogP contribution < -0.4 is 10.1 Å². The molecule has 3 rings (SSSR count). The summed E-state index contributed by atoms with van der Waals surface area (Å²) in [5.41, 5.74) is 4.35. The van der Waals surface area contributed by atoms with E-state index in [1.165, 1.54) is 5.56 Å². The van der Waals surface area contributed by atoms with Crippen LogP contribution in [-0.4, -0.2) is 29.7 Å². The van der Waals surface area contributed by atoms with Crippen LogP contribution in [0.15, 0.2) is 66.9 Å². The van der Waals surface area contributed by atoms with E-state index in [0.29, 0.717) is 12.1 Å². The molecular weight excluding hydrogens is 352 g/mol. The monoisotopic (exact) mass is 376 g/mol. The van der Waals surface area contributed by atoms with Crippen molar-refractivity contribution in [3.8, 4) is 17.0 Å². The minimum atomic E-state index is -0.121. The second kappa shape index (κ2) is 9.67. The number of aryl methyl sites for hydroxylation is 1. The van der Waals surface area contributed by atoms with E-state index >= 15 is 0 Å². The number of hydrogen-bond donors (Lipinski definition) is 2. The molecule has 0 aliphatic carbocycles. The summed E-state index contributed by atoms with van der Waals surface area (Å²) in [6, 6.07) is 19.1. The smallest absolute Gasteiger partial charge is 0.252 e. The lowest BCUT2D eigenvalue weighted by Crippen LogP contribution is -2.24. The molecule has 0 bridgehead atoms. The van der Waals surface area contributed by atoms with Crippen molar-refractivity contribution >= 4 is 5.91 Å². The number of amides is 1. The maximum Gasteiger partial charge on any atom is 0.252 e. The normalized spacial score (nSPS) is 10.5. The second-order valence-corrected chi connectivity index (χ2v) is 6.49. The molecule has 2 N–H and O–H groups in total. The van der Waals surface area contributed by atoms with Crippen molar-refractivity contribution in [3.05, 3.63) is 83.6 Å². The Balaban J connectivity index is 1.48. The number of pyridine rings is 1. The molecule has 28 heavy (non-hydrogen) atoms. The number of aliphatic hydroxyl groups excluding tert-OH is 1. The van der Waals surface area contributed by atoms with E-state index in [-0.39, 0.29) is 12.5 Å². The lowest BCUT2D eigenvalue weighted by Gasteiger charge is -2.07. The molecule has 0 saturated carbocycles. The number of hydrogen-bond acceptors (Lipinski definition) is 4. The Bertz CT molecular complexity index is 889.